The summed E-state index contributed by atoms with van der Waals surface area (Å²) < 4.78 is 6.16. The van der Waals surface area contributed by atoms with Crippen molar-refractivity contribution in [1.29, 1.82) is 0 Å². The molecule has 0 radical (unpaired) electrons. The van der Waals surface area contributed by atoms with Crippen LogP contribution in [0.2, 0.25) is 0 Å². The van der Waals surface area contributed by atoms with Gasteiger partial charge in [0.15, 0.2) is 0 Å². The summed E-state index contributed by atoms with van der Waals surface area (Å²) in [5.41, 5.74) is -0.0678. The predicted octanol–water partition coefficient (Wildman–Crippen LogP) is 1.81. The van der Waals surface area contributed by atoms with Crippen molar-refractivity contribution in [1.82, 2.24) is 9.80 Å². The lowest BCUT2D eigenvalue weighted by Gasteiger charge is -2.53. The molecule has 4 fully saturated rings. The van der Waals surface area contributed by atoms with Gasteiger partial charge in [-0.2, -0.15) is 0 Å². The number of likely N-dealkylation sites (tertiary alicyclic amines) is 2. The standard InChI is InChI=1S/C18H28N2O3/c21-16-3-1-2-8-19(16)10-15-6-7-18(23-11-15)12-20(13-18)17(22)9-14-4-5-14/h14-15H,1-13H2/t15-/m1/s1. The SMILES string of the molecule is O=C1CCCCN1C[C@H]1CCC2(CN(C(=O)CC3CC3)C2)OC1. The van der Waals surface area contributed by atoms with Gasteiger partial charge in [-0.1, -0.05) is 0 Å². The molecule has 3 saturated heterocycles. The van der Waals surface area contributed by atoms with Gasteiger partial charge in [-0.15, -0.1) is 0 Å². The number of nitrogens with zero attached hydrogens (tertiary/aromatic N) is 2. The first-order valence-corrected chi connectivity index (χ1v) is 9.33. The van der Waals surface area contributed by atoms with Crippen molar-refractivity contribution >= 4 is 11.8 Å². The number of hydrogen-bond acceptors (Lipinski definition) is 3. The lowest BCUT2D eigenvalue weighted by Crippen LogP contribution is -2.66. The predicted molar refractivity (Wildman–Crippen MR) is 85.8 cm³/mol. The second kappa shape index (κ2) is 6.08. The van der Waals surface area contributed by atoms with Crippen molar-refractivity contribution in [3.8, 4) is 0 Å². The minimum atomic E-state index is -0.0678. The van der Waals surface area contributed by atoms with E-state index in [1.54, 1.807) is 0 Å². The molecule has 0 bridgehead atoms. The van der Waals surface area contributed by atoms with Crippen molar-refractivity contribution in [3.63, 3.8) is 0 Å². The molecule has 23 heavy (non-hydrogen) atoms. The molecule has 4 aliphatic rings. The first-order valence-electron chi connectivity index (χ1n) is 9.33. The lowest BCUT2D eigenvalue weighted by molar-refractivity contribution is -0.190. The van der Waals surface area contributed by atoms with Crippen LogP contribution in [0.25, 0.3) is 0 Å². The maximum Gasteiger partial charge on any atom is 0.223 e. The van der Waals surface area contributed by atoms with Crippen LogP contribution < -0.4 is 0 Å². The van der Waals surface area contributed by atoms with Gasteiger partial charge in [0, 0.05) is 31.8 Å². The molecule has 1 spiro atoms. The van der Waals surface area contributed by atoms with E-state index in [4.69, 9.17) is 4.74 Å². The molecule has 3 aliphatic heterocycles. The van der Waals surface area contributed by atoms with E-state index in [1.165, 1.54) is 12.8 Å². The largest absolute Gasteiger partial charge is 0.371 e. The molecule has 2 amide bonds. The van der Waals surface area contributed by atoms with E-state index in [1.807, 2.05) is 9.80 Å². The number of ether oxygens (including phenoxy) is 1. The summed E-state index contributed by atoms with van der Waals surface area (Å²) in [5.74, 6) is 1.77. The normalized spacial score (nSPS) is 30.4. The molecule has 0 aromatic carbocycles. The average molecular weight is 320 g/mol. The Kier molecular flexibility index (Phi) is 4.08. The molecule has 5 nitrogen and oxygen atoms in total. The van der Waals surface area contributed by atoms with Gasteiger partial charge in [0.2, 0.25) is 11.8 Å². The van der Waals surface area contributed by atoms with Crippen LogP contribution in [0.15, 0.2) is 0 Å². The van der Waals surface area contributed by atoms with Crippen LogP contribution in [0.1, 0.15) is 51.4 Å². The van der Waals surface area contributed by atoms with Crippen LogP contribution in [0, 0.1) is 11.8 Å². The Labute approximate surface area is 138 Å². The summed E-state index contributed by atoms with van der Waals surface area (Å²) in [6, 6.07) is 0. The summed E-state index contributed by atoms with van der Waals surface area (Å²) in [7, 11) is 0. The van der Waals surface area contributed by atoms with Gasteiger partial charge in [-0.3, -0.25) is 9.59 Å². The zero-order chi connectivity index (χ0) is 15.9. The maximum absolute atomic E-state index is 12.1. The van der Waals surface area contributed by atoms with E-state index >= 15 is 0 Å². The van der Waals surface area contributed by atoms with Crippen molar-refractivity contribution in [2.75, 3.05) is 32.8 Å². The summed E-state index contributed by atoms with van der Waals surface area (Å²) in [4.78, 5) is 28.0. The minimum absolute atomic E-state index is 0.0678. The van der Waals surface area contributed by atoms with Gasteiger partial charge < -0.3 is 14.5 Å². The van der Waals surface area contributed by atoms with Crippen molar-refractivity contribution in [2.45, 2.75) is 57.0 Å². The van der Waals surface area contributed by atoms with Crippen molar-refractivity contribution in [2.24, 2.45) is 11.8 Å². The number of piperidine rings is 1. The monoisotopic (exact) mass is 320 g/mol. The molecule has 1 aliphatic carbocycles. The van der Waals surface area contributed by atoms with E-state index in [0.29, 0.717) is 23.7 Å². The maximum atomic E-state index is 12.1. The molecule has 0 unspecified atom stereocenters. The van der Waals surface area contributed by atoms with Crippen LogP contribution in [-0.2, 0) is 14.3 Å². The van der Waals surface area contributed by atoms with Gasteiger partial charge in [-0.25, -0.2) is 0 Å². The highest BCUT2D eigenvalue weighted by atomic mass is 16.5. The third kappa shape index (κ3) is 3.39. The number of amides is 2. The fraction of sp³-hybridized carbons (Fsp3) is 0.889. The highest BCUT2D eigenvalue weighted by Crippen LogP contribution is 2.39. The van der Waals surface area contributed by atoms with Gasteiger partial charge in [-0.05, 0) is 44.4 Å². The first kappa shape index (κ1) is 15.4. The Hall–Kier alpha value is -1.10. The van der Waals surface area contributed by atoms with Gasteiger partial charge in [0.25, 0.3) is 0 Å². The molecule has 1 saturated carbocycles. The Bertz CT molecular complexity index is 473. The van der Waals surface area contributed by atoms with Crippen LogP contribution in [-0.4, -0.2) is 60.0 Å². The molecule has 3 heterocycles. The average Bonchev–Trinajstić information content (AvgIpc) is 3.32. The summed E-state index contributed by atoms with van der Waals surface area (Å²) in [5, 5.41) is 0. The van der Waals surface area contributed by atoms with Gasteiger partial charge in [0.1, 0.15) is 5.60 Å². The zero-order valence-corrected chi connectivity index (χ0v) is 14.0. The highest BCUT2D eigenvalue weighted by Gasteiger charge is 2.49. The van der Waals surface area contributed by atoms with E-state index < -0.39 is 0 Å². The molecule has 0 aromatic rings. The Morgan fingerprint density at radius 3 is 2.65 bits per heavy atom. The number of carbonyl (C=O) groups is 2. The fourth-order valence-corrected chi connectivity index (χ4v) is 4.20. The lowest BCUT2D eigenvalue weighted by atomic mass is 9.82. The van der Waals surface area contributed by atoms with Crippen LogP contribution in [0.5, 0.6) is 0 Å². The summed E-state index contributed by atoms with van der Waals surface area (Å²) >= 11 is 0. The van der Waals surface area contributed by atoms with Gasteiger partial charge >= 0.3 is 0 Å². The van der Waals surface area contributed by atoms with E-state index in [-0.39, 0.29) is 5.60 Å². The smallest absolute Gasteiger partial charge is 0.223 e. The van der Waals surface area contributed by atoms with Crippen molar-refractivity contribution in [3.05, 3.63) is 0 Å². The molecule has 128 valence electrons. The summed E-state index contributed by atoms with van der Waals surface area (Å²) in [6.45, 7) is 4.10. The molecule has 0 aromatic heterocycles. The van der Waals surface area contributed by atoms with E-state index in [9.17, 15) is 9.59 Å². The molecule has 4 rings (SSSR count). The third-order valence-corrected chi connectivity index (χ3v) is 6.00. The number of hydrogen-bond donors (Lipinski definition) is 0. The topological polar surface area (TPSA) is 49.9 Å². The van der Waals surface area contributed by atoms with Crippen LogP contribution in [0.4, 0.5) is 0 Å². The minimum Gasteiger partial charge on any atom is -0.371 e. The van der Waals surface area contributed by atoms with E-state index in [0.717, 1.165) is 71.3 Å². The Morgan fingerprint density at radius 1 is 1.17 bits per heavy atom. The number of rotatable bonds is 4. The molecule has 0 N–H and O–H groups in total. The number of carbonyl (C=O) groups excluding carboxylic acids is 2. The summed E-state index contributed by atoms with van der Waals surface area (Å²) in [6.07, 6.45) is 8.27. The first-order chi connectivity index (χ1) is 11.1. The Balaban J connectivity index is 1.20. The second-order valence-electron chi connectivity index (χ2n) is 8.09. The van der Waals surface area contributed by atoms with Crippen molar-refractivity contribution < 1.29 is 14.3 Å². The van der Waals surface area contributed by atoms with Gasteiger partial charge in [0.05, 0.1) is 19.7 Å². The highest BCUT2D eigenvalue weighted by molar-refractivity contribution is 5.78. The van der Waals surface area contributed by atoms with Crippen LogP contribution in [0.3, 0.4) is 0 Å². The molecule has 5 heteroatoms. The quantitative estimate of drug-likeness (QED) is 0.794. The molecular weight excluding hydrogens is 292 g/mol. The third-order valence-electron chi connectivity index (χ3n) is 6.00. The fourth-order valence-electron chi connectivity index (χ4n) is 4.20. The molecule has 1 atom stereocenters. The zero-order valence-electron chi connectivity index (χ0n) is 14.0. The van der Waals surface area contributed by atoms with Crippen LogP contribution >= 0.6 is 0 Å². The van der Waals surface area contributed by atoms with E-state index in [2.05, 4.69) is 0 Å². The molecular formula is C18H28N2O3. The second-order valence-corrected chi connectivity index (χ2v) is 8.09. The Morgan fingerprint density at radius 2 is 2.00 bits per heavy atom.